The highest BCUT2D eigenvalue weighted by Gasteiger charge is 2.40. The van der Waals surface area contributed by atoms with Gasteiger partial charge in [0.2, 0.25) is 0 Å². The van der Waals surface area contributed by atoms with E-state index in [0.717, 1.165) is 11.6 Å². The van der Waals surface area contributed by atoms with Crippen LogP contribution in [0.4, 0.5) is 19.0 Å². The van der Waals surface area contributed by atoms with E-state index in [1.54, 1.807) is 30.0 Å². The number of nitrogens with one attached hydrogen (secondary N) is 1. The first-order valence-corrected chi connectivity index (χ1v) is 10.8. The van der Waals surface area contributed by atoms with Crippen molar-refractivity contribution in [3.05, 3.63) is 52.5 Å². The highest BCUT2D eigenvalue weighted by Crippen LogP contribution is 2.42. The quantitative estimate of drug-likeness (QED) is 0.709. The second-order valence-electron chi connectivity index (χ2n) is 7.77. The molecular formula is C23H25F3N4O3. The molecule has 1 aliphatic carbocycles. The zero-order valence-electron chi connectivity index (χ0n) is 18.5. The lowest BCUT2D eigenvalue weighted by Crippen LogP contribution is -2.40. The minimum absolute atomic E-state index is 0.0199. The van der Waals surface area contributed by atoms with Crippen LogP contribution in [0.3, 0.4) is 0 Å². The number of amides is 1. The molecule has 1 aliphatic heterocycles. The predicted molar refractivity (Wildman–Crippen MR) is 116 cm³/mol. The Morgan fingerprint density at radius 2 is 2.00 bits per heavy atom. The summed E-state index contributed by atoms with van der Waals surface area (Å²) < 4.78 is 51.1. The van der Waals surface area contributed by atoms with Gasteiger partial charge in [-0.3, -0.25) is 4.79 Å². The fourth-order valence-electron chi connectivity index (χ4n) is 4.06. The third-order valence-electron chi connectivity index (χ3n) is 5.63. The van der Waals surface area contributed by atoms with Crippen LogP contribution in [0.5, 0.6) is 5.75 Å². The number of hydrogen-bond donors (Lipinski definition) is 1. The van der Waals surface area contributed by atoms with E-state index in [1.165, 1.54) is 7.11 Å². The van der Waals surface area contributed by atoms with E-state index in [-0.39, 0.29) is 30.1 Å². The van der Waals surface area contributed by atoms with E-state index in [1.807, 2.05) is 0 Å². The Morgan fingerprint density at radius 1 is 1.24 bits per heavy atom. The van der Waals surface area contributed by atoms with Gasteiger partial charge in [0, 0.05) is 43.6 Å². The SMILES string of the molecule is CCNc1nc(Cc2ccc(C(=O)N3CCOCC3)cc2OC)nc2c1C(C(F)(F)F)=CC2. The Hall–Kier alpha value is -3.14. The molecule has 1 saturated heterocycles. The second-order valence-corrected chi connectivity index (χ2v) is 7.77. The molecule has 2 aromatic rings. The molecule has 1 fully saturated rings. The molecule has 7 nitrogen and oxygen atoms in total. The van der Waals surface area contributed by atoms with Gasteiger partial charge in [0.1, 0.15) is 17.4 Å². The average Bonchev–Trinajstić information content (AvgIpc) is 3.24. The number of carbonyl (C=O) groups is 1. The van der Waals surface area contributed by atoms with Crippen LogP contribution in [0.2, 0.25) is 0 Å². The molecule has 33 heavy (non-hydrogen) atoms. The molecule has 1 amide bonds. The van der Waals surface area contributed by atoms with Gasteiger partial charge < -0.3 is 19.7 Å². The Balaban J connectivity index is 1.61. The molecule has 10 heteroatoms. The van der Waals surface area contributed by atoms with E-state index >= 15 is 0 Å². The fraction of sp³-hybridized carbons (Fsp3) is 0.435. The van der Waals surface area contributed by atoms with Gasteiger partial charge in [-0.2, -0.15) is 13.2 Å². The number of fused-ring (bicyclic) bond motifs is 1. The number of nitrogens with zero attached hydrogens (tertiary/aromatic N) is 3. The Morgan fingerprint density at radius 3 is 2.67 bits per heavy atom. The van der Waals surface area contributed by atoms with Crippen LogP contribution in [0, 0.1) is 0 Å². The van der Waals surface area contributed by atoms with Crippen molar-refractivity contribution >= 4 is 17.3 Å². The van der Waals surface area contributed by atoms with Gasteiger partial charge in [-0.05, 0) is 19.1 Å². The Kier molecular flexibility index (Phi) is 6.55. The minimum atomic E-state index is -4.47. The number of anilines is 1. The molecule has 0 spiro atoms. The van der Waals surface area contributed by atoms with Crippen LogP contribution >= 0.6 is 0 Å². The molecule has 0 radical (unpaired) electrons. The highest BCUT2D eigenvalue weighted by molar-refractivity contribution is 5.94. The van der Waals surface area contributed by atoms with E-state index in [4.69, 9.17) is 9.47 Å². The number of halogens is 3. The van der Waals surface area contributed by atoms with Crippen molar-refractivity contribution < 1.29 is 27.4 Å². The van der Waals surface area contributed by atoms with Crippen molar-refractivity contribution in [2.24, 2.45) is 0 Å². The number of morpholine rings is 1. The van der Waals surface area contributed by atoms with Gasteiger partial charge in [-0.1, -0.05) is 12.1 Å². The third-order valence-corrected chi connectivity index (χ3v) is 5.63. The molecule has 1 N–H and O–H groups in total. The van der Waals surface area contributed by atoms with Gasteiger partial charge in [0.05, 0.1) is 37.2 Å². The van der Waals surface area contributed by atoms with Crippen LogP contribution in [0.25, 0.3) is 5.57 Å². The molecule has 2 heterocycles. The summed E-state index contributed by atoms with van der Waals surface area (Å²) in [7, 11) is 1.51. The summed E-state index contributed by atoms with van der Waals surface area (Å²) in [5.74, 6) is 0.957. The molecule has 0 bridgehead atoms. The van der Waals surface area contributed by atoms with Gasteiger partial charge in [-0.25, -0.2) is 9.97 Å². The normalized spacial score (nSPS) is 15.8. The molecule has 2 aliphatic rings. The Bertz CT molecular complexity index is 1080. The fourth-order valence-corrected chi connectivity index (χ4v) is 4.06. The monoisotopic (exact) mass is 462 g/mol. The van der Waals surface area contributed by atoms with Gasteiger partial charge in [-0.15, -0.1) is 0 Å². The van der Waals surface area contributed by atoms with Crippen molar-refractivity contribution in [3.63, 3.8) is 0 Å². The highest BCUT2D eigenvalue weighted by atomic mass is 19.4. The van der Waals surface area contributed by atoms with E-state index in [2.05, 4.69) is 15.3 Å². The summed E-state index contributed by atoms with van der Waals surface area (Å²) in [6.07, 6.45) is -2.96. The lowest BCUT2D eigenvalue weighted by atomic mass is 10.0. The molecule has 0 atom stereocenters. The van der Waals surface area contributed by atoms with Crippen molar-refractivity contribution in [3.8, 4) is 5.75 Å². The van der Waals surface area contributed by atoms with Gasteiger partial charge >= 0.3 is 6.18 Å². The predicted octanol–water partition coefficient (Wildman–Crippen LogP) is 3.48. The van der Waals surface area contributed by atoms with E-state index in [0.29, 0.717) is 55.7 Å². The number of ether oxygens (including phenoxy) is 2. The van der Waals surface area contributed by atoms with Crippen LogP contribution < -0.4 is 10.1 Å². The Labute approximate surface area is 189 Å². The zero-order chi connectivity index (χ0) is 23.6. The molecule has 1 aromatic carbocycles. The number of alkyl halides is 3. The summed E-state index contributed by atoms with van der Waals surface area (Å²) in [6, 6.07) is 5.17. The smallest absolute Gasteiger partial charge is 0.416 e. The molecule has 0 unspecified atom stereocenters. The van der Waals surface area contributed by atoms with Gasteiger partial charge in [0.15, 0.2) is 0 Å². The maximum absolute atomic E-state index is 13.4. The lowest BCUT2D eigenvalue weighted by Gasteiger charge is -2.27. The first kappa shape index (κ1) is 23.0. The maximum atomic E-state index is 13.4. The van der Waals surface area contributed by atoms with Crippen LogP contribution in [-0.2, 0) is 17.6 Å². The number of allylic oxidation sites excluding steroid dienone is 2. The van der Waals surface area contributed by atoms with Crippen LogP contribution in [-0.4, -0.2) is 66.9 Å². The number of methoxy groups -OCH3 is 1. The number of hydrogen-bond acceptors (Lipinski definition) is 6. The summed E-state index contributed by atoms with van der Waals surface area (Å²) in [5, 5.41) is 2.94. The molecule has 4 rings (SSSR count). The number of aromatic nitrogens is 2. The van der Waals surface area contributed by atoms with Crippen LogP contribution in [0.15, 0.2) is 24.3 Å². The molecular weight excluding hydrogens is 437 g/mol. The van der Waals surface area contributed by atoms with Crippen molar-refractivity contribution in [2.45, 2.75) is 25.9 Å². The second kappa shape index (κ2) is 9.38. The average molecular weight is 462 g/mol. The van der Waals surface area contributed by atoms with E-state index < -0.39 is 11.7 Å². The number of rotatable bonds is 6. The first-order chi connectivity index (χ1) is 15.8. The van der Waals surface area contributed by atoms with Crippen molar-refractivity contribution in [1.29, 1.82) is 0 Å². The maximum Gasteiger partial charge on any atom is 0.416 e. The number of carbonyl (C=O) groups excluding carboxylic acids is 1. The largest absolute Gasteiger partial charge is 0.496 e. The molecule has 0 saturated carbocycles. The van der Waals surface area contributed by atoms with Gasteiger partial charge in [0.25, 0.3) is 5.91 Å². The summed E-state index contributed by atoms with van der Waals surface area (Å²) in [6.45, 7) is 4.31. The lowest BCUT2D eigenvalue weighted by molar-refractivity contribution is -0.0687. The van der Waals surface area contributed by atoms with E-state index in [9.17, 15) is 18.0 Å². The zero-order valence-corrected chi connectivity index (χ0v) is 18.5. The van der Waals surface area contributed by atoms with Crippen molar-refractivity contribution in [2.75, 3.05) is 45.3 Å². The summed E-state index contributed by atoms with van der Waals surface area (Å²) >= 11 is 0. The topological polar surface area (TPSA) is 76.6 Å². The molecule has 1 aromatic heterocycles. The minimum Gasteiger partial charge on any atom is -0.496 e. The summed E-state index contributed by atoms with van der Waals surface area (Å²) in [5.41, 5.74) is 0.900. The number of benzene rings is 1. The standard InChI is InChI=1S/C23H25F3N4O3/c1-3-27-21-20-16(23(24,25)26)6-7-17(20)28-19(29-21)13-14-4-5-15(12-18(14)32-2)22(31)30-8-10-33-11-9-30/h4-6,12H,3,7-11,13H2,1-2H3,(H,27,28,29). The summed E-state index contributed by atoms with van der Waals surface area (Å²) in [4.78, 5) is 23.3. The first-order valence-electron chi connectivity index (χ1n) is 10.8. The van der Waals surface area contributed by atoms with Crippen molar-refractivity contribution in [1.82, 2.24) is 14.9 Å². The van der Waals surface area contributed by atoms with Crippen LogP contribution in [0.1, 0.15) is 39.9 Å². The molecule has 176 valence electrons. The third kappa shape index (κ3) is 4.80.